The van der Waals surface area contributed by atoms with Crippen LogP contribution in [0.4, 0.5) is 0 Å². The molecule has 1 aliphatic rings. The Morgan fingerprint density at radius 3 is 2.56 bits per heavy atom. The van der Waals surface area contributed by atoms with Gasteiger partial charge in [0.05, 0.1) is 6.26 Å². The first-order chi connectivity index (χ1) is 7.49. The van der Waals surface area contributed by atoms with Crippen molar-refractivity contribution >= 4 is 10.0 Å². The predicted octanol–water partition coefficient (Wildman–Crippen LogP) is 1.05. The molecule has 2 unspecified atom stereocenters. The summed E-state index contributed by atoms with van der Waals surface area (Å²) in [7, 11) is -3.01. The summed E-state index contributed by atoms with van der Waals surface area (Å²) in [6, 6.07) is 0.489. The first-order valence-electron chi connectivity index (χ1n) is 6.17. The van der Waals surface area contributed by atoms with E-state index in [1.54, 1.807) is 4.31 Å². The quantitative estimate of drug-likeness (QED) is 0.791. The summed E-state index contributed by atoms with van der Waals surface area (Å²) in [6.45, 7) is 6.66. The molecule has 0 saturated carbocycles. The molecule has 1 rings (SSSR count). The van der Waals surface area contributed by atoms with Gasteiger partial charge in [-0.3, -0.25) is 0 Å². The van der Waals surface area contributed by atoms with E-state index in [0.29, 0.717) is 25.0 Å². The summed E-state index contributed by atoms with van der Waals surface area (Å²) >= 11 is 0. The van der Waals surface area contributed by atoms with Crippen molar-refractivity contribution in [2.45, 2.75) is 39.2 Å². The fourth-order valence-corrected chi connectivity index (χ4v) is 3.21. The molecule has 0 radical (unpaired) electrons. The fraction of sp³-hybridized carbons (Fsp3) is 1.00. The number of hydrogen-bond acceptors (Lipinski definition) is 3. The van der Waals surface area contributed by atoms with Gasteiger partial charge in [0.1, 0.15) is 0 Å². The molecule has 2 atom stereocenters. The molecule has 0 aliphatic carbocycles. The molecule has 1 saturated heterocycles. The molecular weight excluding hydrogens is 224 g/mol. The molecule has 4 nitrogen and oxygen atoms in total. The second kappa shape index (κ2) is 5.98. The molecule has 0 spiro atoms. The van der Waals surface area contributed by atoms with Crippen LogP contribution in [0.5, 0.6) is 0 Å². The Balaban J connectivity index is 2.57. The van der Waals surface area contributed by atoms with E-state index in [1.807, 2.05) is 0 Å². The van der Waals surface area contributed by atoms with Gasteiger partial charge in [0, 0.05) is 19.1 Å². The van der Waals surface area contributed by atoms with E-state index in [0.717, 1.165) is 25.8 Å². The maximum atomic E-state index is 11.5. The van der Waals surface area contributed by atoms with Gasteiger partial charge in [0.25, 0.3) is 0 Å². The molecule has 16 heavy (non-hydrogen) atoms. The van der Waals surface area contributed by atoms with Gasteiger partial charge in [-0.2, -0.15) is 0 Å². The third-order valence-electron chi connectivity index (χ3n) is 3.35. The Labute approximate surface area is 99.5 Å². The summed E-state index contributed by atoms with van der Waals surface area (Å²) < 4.78 is 24.6. The Kier molecular flexibility index (Phi) is 5.21. The molecule has 1 heterocycles. The van der Waals surface area contributed by atoms with Crippen LogP contribution in [-0.4, -0.2) is 44.7 Å². The van der Waals surface area contributed by atoms with E-state index in [9.17, 15) is 8.42 Å². The van der Waals surface area contributed by atoms with Gasteiger partial charge >= 0.3 is 0 Å². The highest BCUT2D eigenvalue weighted by Gasteiger charge is 2.31. The van der Waals surface area contributed by atoms with E-state index < -0.39 is 10.0 Å². The Bertz CT molecular complexity index is 303. The molecule has 0 aromatic rings. The zero-order valence-electron chi connectivity index (χ0n) is 10.6. The maximum absolute atomic E-state index is 11.5. The zero-order valence-corrected chi connectivity index (χ0v) is 11.4. The average Bonchev–Trinajstić information content (AvgIpc) is 2.24. The zero-order chi connectivity index (χ0) is 12.2. The lowest BCUT2D eigenvalue weighted by Gasteiger charge is -2.37. The molecule has 1 fully saturated rings. The predicted molar refractivity (Wildman–Crippen MR) is 66.9 cm³/mol. The Hall–Kier alpha value is -0.130. The number of sulfonamides is 1. The first kappa shape index (κ1) is 13.9. The molecule has 5 heteroatoms. The van der Waals surface area contributed by atoms with Crippen LogP contribution in [0.15, 0.2) is 0 Å². The van der Waals surface area contributed by atoms with E-state index in [-0.39, 0.29) is 0 Å². The molecule has 1 aliphatic heterocycles. The molecule has 96 valence electrons. The summed E-state index contributed by atoms with van der Waals surface area (Å²) in [4.78, 5) is 0. The van der Waals surface area contributed by atoms with Gasteiger partial charge in [0.15, 0.2) is 0 Å². The monoisotopic (exact) mass is 248 g/mol. The van der Waals surface area contributed by atoms with Gasteiger partial charge in [0.2, 0.25) is 10.0 Å². The van der Waals surface area contributed by atoms with Crippen LogP contribution >= 0.6 is 0 Å². The van der Waals surface area contributed by atoms with Gasteiger partial charge in [-0.1, -0.05) is 20.3 Å². The van der Waals surface area contributed by atoms with Crippen molar-refractivity contribution in [3.05, 3.63) is 0 Å². The second-order valence-electron chi connectivity index (χ2n) is 4.64. The van der Waals surface area contributed by atoms with Crippen molar-refractivity contribution in [2.24, 2.45) is 5.92 Å². The van der Waals surface area contributed by atoms with Gasteiger partial charge in [-0.25, -0.2) is 12.7 Å². The van der Waals surface area contributed by atoms with Crippen LogP contribution in [0.2, 0.25) is 0 Å². The van der Waals surface area contributed by atoms with Crippen molar-refractivity contribution in [3.8, 4) is 0 Å². The highest BCUT2D eigenvalue weighted by molar-refractivity contribution is 7.88. The van der Waals surface area contributed by atoms with E-state index >= 15 is 0 Å². The average molecular weight is 248 g/mol. The SMILES string of the molecule is CCCNC1CCN(S(C)(=O)=O)CC1CC. The van der Waals surface area contributed by atoms with Crippen LogP contribution in [0, 0.1) is 5.92 Å². The van der Waals surface area contributed by atoms with Crippen LogP contribution in [0.3, 0.4) is 0 Å². The molecular formula is C11H24N2O2S. The van der Waals surface area contributed by atoms with E-state index in [2.05, 4.69) is 19.2 Å². The first-order valence-corrected chi connectivity index (χ1v) is 8.02. The van der Waals surface area contributed by atoms with E-state index in [4.69, 9.17) is 0 Å². The summed E-state index contributed by atoms with van der Waals surface area (Å²) in [5.74, 6) is 0.454. The highest BCUT2D eigenvalue weighted by Crippen LogP contribution is 2.21. The molecule has 1 N–H and O–H groups in total. The van der Waals surface area contributed by atoms with Gasteiger partial charge in [-0.15, -0.1) is 0 Å². The number of nitrogens with zero attached hydrogens (tertiary/aromatic N) is 1. The number of hydrogen-bond donors (Lipinski definition) is 1. The minimum atomic E-state index is -3.01. The van der Waals surface area contributed by atoms with Gasteiger partial charge in [-0.05, 0) is 25.3 Å². The highest BCUT2D eigenvalue weighted by atomic mass is 32.2. The molecule has 0 bridgehead atoms. The maximum Gasteiger partial charge on any atom is 0.211 e. The van der Waals surface area contributed by atoms with Crippen LogP contribution in [0.1, 0.15) is 33.1 Å². The lowest BCUT2D eigenvalue weighted by Crippen LogP contribution is -2.50. The summed E-state index contributed by atoms with van der Waals surface area (Å²) in [5.41, 5.74) is 0. The van der Waals surface area contributed by atoms with Crippen LogP contribution in [-0.2, 0) is 10.0 Å². The number of rotatable bonds is 5. The Morgan fingerprint density at radius 1 is 1.38 bits per heavy atom. The lowest BCUT2D eigenvalue weighted by atomic mass is 9.91. The minimum absolute atomic E-state index is 0.454. The van der Waals surface area contributed by atoms with Crippen molar-refractivity contribution < 1.29 is 8.42 Å². The Morgan fingerprint density at radius 2 is 2.06 bits per heavy atom. The summed E-state index contributed by atoms with van der Waals surface area (Å²) in [5, 5.41) is 3.52. The topological polar surface area (TPSA) is 49.4 Å². The number of piperidine rings is 1. The second-order valence-corrected chi connectivity index (χ2v) is 6.62. The lowest BCUT2D eigenvalue weighted by molar-refractivity contribution is 0.203. The standard InChI is InChI=1S/C11H24N2O2S/c1-4-7-12-11-6-8-13(16(3,14)15)9-10(11)5-2/h10-12H,4-9H2,1-3H3. The normalized spacial score (nSPS) is 28.2. The summed E-state index contributed by atoms with van der Waals surface area (Å²) in [6.07, 6.45) is 4.40. The van der Waals surface area contributed by atoms with Crippen LogP contribution in [0.25, 0.3) is 0 Å². The largest absolute Gasteiger partial charge is 0.314 e. The van der Waals surface area contributed by atoms with Crippen molar-refractivity contribution in [1.82, 2.24) is 9.62 Å². The van der Waals surface area contributed by atoms with Crippen molar-refractivity contribution in [1.29, 1.82) is 0 Å². The number of nitrogens with one attached hydrogen (secondary N) is 1. The fourth-order valence-electron chi connectivity index (χ4n) is 2.31. The molecule has 0 aromatic carbocycles. The molecule has 0 amide bonds. The third kappa shape index (κ3) is 3.71. The minimum Gasteiger partial charge on any atom is -0.314 e. The third-order valence-corrected chi connectivity index (χ3v) is 4.62. The smallest absolute Gasteiger partial charge is 0.211 e. The van der Waals surface area contributed by atoms with Crippen molar-refractivity contribution in [3.63, 3.8) is 0 Å². The van der Waals surface area contributed by atoms with E-state index in [1.165, 1.54) is 6.26 Å². The van der Waals surface area contributed by atoms with Crippen molar-refractivity contribution in [2.75, 3.05) is 25.9 Å². The van der Waals surface area contributed by atoms with Crippen LogP contribution < -0.4 is 5.32 Å². The molecule has 0 aromatic heterocycles. The van der Waals surface area contributed by atoms with Gasteiger partial charge < -0.3 is 5.32 Å².